The molecule has 0 saturated heterocycles. The van der Waals surface area contributed by atoms with E-state index in [0.29, 0.717) is 12.4 Å². The van der Waals surface area contributed by atoms with Crippen molar-refractivity contribution in [3.8, 4) is 11.5 Å². The first-order valence-corrected chi connectivity index (χ1v) is 7.53. The number of hydrogen-bond donors (Lipinski definition) is 0. The Morgan fingerprint density at radius 3 is 1.87 bits per heavy atom. The van der Waals surface area contributed by atoms with Crippen molar-refractivity contribution in [1.82, 2.24) is 0 Å². The van der Waals surface area contributed by atoms with Crippen LogP contribution in [-0.4, -0.2) is 6.36 Å². The molecule has 2 aromatic carbocycles. The summed E-state index contributed by atoms with van der Waals surface area (Å²) in [5, 5.41) is 0. The van der Waals surface area contributed by atoms with E-state index in [1.165, 1.54) is 29.8 Å². The topological polar surface area (TPSA) is 18.5 Å². The van der Waals surface area contributed by atoms with Crippen molar-refractivity contribution >= 4 is 0 Å². The molecule has 0 radical (unpaired) electrons. The van der Waals surface area contributed by atoms with Crippen LogP contribution < -0.4 is 9.47 Å². The second-order valence-corrected chi connectivity index (χ2v) is 4.43. The van der Waals surface area contributed by atoms with Crippen LogP contribution in [0.4, 0.5) is 13.2 Å². The summed E-state index contributed by atoms with van der Waals surface area (Å²) in [6.07, 6.45) is -3.78. The fourth-order valence-corrected chi connectivity index (χ4v) is 1.94. The monoisotopic (exact) mass is 326 g/mol. The maximum absolute atomic E-state index is 12.0. The molecule has 5 heteroatoms. The van der Waals surface area contributed by atoms with Gasteiger partial charge in [0.15, 0.2) is 0 Å². The van der Waals surface area contributed by atoms with Gasteiger partial charge in [0, 0.05) is 0 Å². The minimum absolute atomic E-state index is 0.260. The van der Waals surface area contributed by atoms with Gasteiger partial charge in [-0.15, -0.1) is 13.2 Å². The van der Waals surface area contributed by atoms with E-state index in [0.717, 1.165) is 12.0 Å². The van der Waals surface area contributed by atoms with Gasteiger partial charge < -0.3 is 9.47 Å². The van der Waals surface area contributed by atoms with Gasteiger partial charge in [-0.25, -0.2) is 0 Å². The lowest BCUT2D eigenvalue weighted by molar-refractivity contribution is -0.274. The van der Waals surface area contributed by atoms with E-state index in [1.54, 1.807) is 0 Å². The predicted molar refractivity (Wildman–Crippen MR) is 84.6 cm³/mol. The van der Waals surface area contributed by atoms with Crippen LogP contribution in [0, 0.1) is 0 Å². The Hall–Kier alpha value is -2.17. The van der Waals surface area contributed by atoms with Gasteiger partial charge in [-0.2, -0.15) is 0 Å². The molecule has 23 heavy (non-hydrogen) atoms. The molecule has 0 heterocycles. The largest absolute Gasteiger partial charge is 0.573 e. The number of benzene rings is 2. The highest BCUT2D eigenvalue weighted by atomic mass is 19.4. The lowest BCUT2D eigenvalue weighted by atomic mass is 10.1. The van der Waals surface area contributed by atoms with E-state index in [-0.39, 0.29) is 5.75 Å². The van der Waals surface area contributed by atoms with Crippen molar-refractivity contribution in [2.75, 3.05) is 0 Å². The van der Waals surface area contributed by atoms with Crippen LogP contribution in [0.1, 0.15) is 31.9 Å². The quantitative estimate of drug-likeness (QED) is 0.696. The van der Waals surface area contributed by atoms with Gasteiger partial charge in [0.2, 0.25) is 0 Å². The van der Waals surface area contributed by atoms with Gasteiger partial charge in [-0.1, -0.05) is 45.0 Å². The van der Waals surface area contributed by atoms with Gasteiger partial charge in [0.05, 0.1) is 0 Å². The van der Waals surface area contributed by atoms with Crippen molar-refractivity contribution < 1.29 is 22.6 Å². The normalized spacial score (nSPS) is 10.5. The van der Waals surface area contributed by atoms with E-state index in [2.05, 4.69) is 11.7 Å². The molecule has 2 rings (SSSR count). The second-order valence-electron chi connectivity index (χ2n) is 4.43. The molecular formula is C18H21F3O2. The Morgan fingerprint density at radius 1 is 0.826 bits per heavy atom. The summed E-state index contributed by atoms with van der Waals surface area (Å²) < 4.78 is 45.5. The van der Waals surface area contributed by atoms with Crippen LogP contribution in [0.3, 0.4) is 0 Å². The number of ether oxygens (including phenoxy) is 2. The molecule has 0 aliphatic carbocycles. The Morgan fingerprint density at radius 2 is 1.35 bits per heavy atom. The third-order valence-corrected chi connectivity index (χ3v) is 2.95. The first kappa shape index (κ1) is 18.9. The highest BCUT2D eigenvalue weighted by Crippen LogP contribution is 2.25. The summed E-state index contributed by atoms with van der Waals surface area (Å²) in [6, 6.07) is 13.3. The molecule has 0 atom stereocenters. The van der Waals surface area contributed by atoms with E-state index < -0.39 is 6.36 Å². The third kappa shape index (κ3) is 6.63. The van der Waals surface area contributed by atoms with E-state index >= 15 is 0 Å². The SMILES string of the molecule is CC.CCc1ccccc1COc1ccc(OC(F)(F)F)cc1. The third-order valence-electron chi connectivity index (χ3n) is 2.95. The van der Waals surface area contributed by atoms with Crippen molar-refractivity contribution in [2.24, 2.45) is 0 Å². The van der Waals surface area contributed by atoms with Crippen LogP contribution in [0.5, 0.6) is 11.5 Å². The Balaban J connectivity index is 0.00000127. The number of rotatable bonds is 5. The number of hydrogen-bond acceptors (Lipinski definition) is 2. The molecule has 0 amide bonds. The maximum atomic E-state index is 12.0. The van der Waals surface area contributed by atoms with E-state index in [9.17, 15) is 13.2 Å². The van der Waals surface area contributed by atoms with Crippen LogP contribution >= 0.6 is 0 Å². The zero-order valence-corrected chi connectivity index (χ0v) is 13.5. The van der Waals surface area contributed by atoms with Gasteiger partial charge in [-0.3, -0.25) is 0 Å². The minimum Gasteiger partial charge on any atom is -0.489 e. The smallest absolute Gasteiger partial charge is 0.489 e. The maximum Gasteiger partial charge on any atom is 0.573 e. The number of aryl methyl sites for hydroxylation is 1. The van der Waals surface area contributed by atoms with Gasteiger partial charge in [0.1, 0.15) is 18.1 Å². The van der Waals surface area contributed by atoms with Crippen LogP contribution in [0.25, 0.3) is 0 Å². The Kier molecular flexibility index (Phi) is 7.45. The number of halogens is 3. The van der Waals surface area contributed by atoms with Gasteiger partial charge in [0.25, 0.3) is 0 Å². The van der Waals surface area contributed by atoms with Gasteiger partial charge in [-0.05, 0) is 41.8 Å². The second kappa shape index (κ2) is 9.08. The number of alkyl halides is 3. The Bertz CT molecular complexity index is 578. The molecule has 0 aromatic heterocycles. The van der Waals surface area contributed by atoms with E-state index in [4.69, 9.17) is 4.74 Å². The molecule has 2 nitrogen and oxygen atoms in total. The highest BCUT2D eigenvalue weighted by Gasteiger charge is 2.30. The molecule has 126 valence electrons. The Labute approximate surface area is 134 Å². The zero-order valence-electron chi connectivity index (χ0n) is 13.5. The highest BCUT2D eigenvalue weighted by molar-refractivity contribution is 5.32. The van der Waals surface area contributed by atoms with Crippen molar-refractivity contribution in [1.29, 1.82) is 0 Å². The predicted octanol–water partition coefficient (Wildman–Crippen LogP) is 5.75. The molecular weight excluding hydrogens is 305 g/mol. The summed E-state index contributed by atoms with van der Waals surface area (Å²) in [4.78, 5) is 0. The van der Waals surface area contributed by atoms with Crippen molar-refractivity contribution in [3.05, 3.63) is 59.7 Å². The van der Waals surface area contributed by atoms with Crippen LogP contribution in [-0.2, 0) is 13.0 Å². The molecule has 0 unspecified atom stereocenters. The molecule has 2 aromatic rings. The molecule has 0 aliphatic rings. The molecule has 0 fully saturated rings. The molecule has 0 saturated carbocycles. The lowest BCUT2D eigenvalue weighted by Crippen LogP contribution is -2.16. The summed E-state index contributed by atoms with van der Waals surface area (Å²) in [6.45, 7) is 6.44. The van der Waals surface area contributed by atoms with Crippen LogP contribution in [0.15, 0.2) is 48.5 Å². The van der Waals surface area contributed by atoms with Crippen molar-refractivity contribution in [3.63, 3.8) is 0 Å². The summed E-state index contributed by atoms with van der Waals surface area (Å²) in [5.41, 5.74) is 2.25. The molecule has 0 aliphatic heterocycles. The molecule has 0 bridgehead atoms. The average molecular weight is 326 g/mol. The molecule has 0 N–H and O–H groups in total. The fourth-order valence-electron chi connectivity index (χ4n) is 1.94. The standard InChI is InChI=1S/C16H15F3O2.C2H6/c1-2-12-5-3-4-6-13(12)11-20-14-7-9-15(10-8-14)21-16(17,18)19;1-2/h3-10H,2,11H2,1H3;1-2H3. The van der Waals surface area contributed by atoms with Crippen molar-refractivity contribution in [2.45, 2.75) is 40.2 Å². The average Bonchev–Trinajstić information content (AvgIpc) is 2.55. The first-order valence-electron chi connectivity index (χ1n) is 7.53. The summed E-state index contributed by atoms with van der Waals surface area (Å²) >= 11 is 0. The summed E-state index contributed by atoms with van der Waals surface area (Å²) in [5.74, 6) is 0.235. The first-order chi connectivity index (χ1) is 11.0. The molecule has 0 spiro atoms. The van der Waals surface area contributed by atoms with Crippen LogP contribution in [0.2, 0.25) is 0 Å². The van der Waals surface area contributed by atoms with E-state index in [1.807, 2.05) is 38.1 Å². The minimum atomic E-state index is -4.68. The lowest BCUT2D eigenvalue weighted by Gasteiger charge is -2.11. The zero-order chi connectivity index (χ0) is 17.3. The van der Waals surface area contributed by atoms with Gasteiger partial charge >= 0.3 is 6.36 Å². The summed E-state index contributed by atoms with van der Waals surface area (Å²) in [7, 11) is 0. The fraction of sp³-hybridized carbons (Fsp3) is 0.333.